The lowest BCUT2D eigenvalue weighted by atomic mass is 10.1. The molecule has 3 aromatic heterocycles. The van der Waals surface area contributed by atoms with Crippen molar-refractivity contribution in [2.75, 3.05) is 13.7 Å². The van der Waals surface area contributed by atoms with Gasteiger partial charge in [-0.05, 0) is 24.3 Å². The fourth-order valence-electron chi connectivity index (χ4n) is 3.16. The van der Waals surface area contributed by atoms with E-state index in [-0.39, 0.29) is 6.61 Å². The van der Waals surface area contributed by atoms with Gasteiger partial charge in [-0.2, -0.15) is 10.4 Å². The van der Waals surface area contributed by atoms with Crippen LogP contribution in [0.2, 0.25) is 5.02 Å². The number of aromatic nitrogens is 4. The molecule has 3 heterocycles. The highest BCUT2D eigenvalue weighted by Crippen LogP contribution is 2.29. The van der Waals surface area contributed by atoms with E-state index in [9.17, 15) is 0 Å². The highest BCUT2D eigenvalue weighted by Gasteiger charge is 2.19. The number of ether oxygens (including phenoxy) is 2. The lowest BCUT2D eigenvalue weighted by Crippen LogP contribution is -2.05. The molecule has 0 aliphatic carbocycles. The molecule has 0 bridgehead atoms. The van der Waals surface area contributed by atoms with Crippen LogP contribution in [0.4, 0.5) is 0 Å². The number of pyridine rings is 1. The molecule has 0 saturated carbocycles. The second-order valence-electron chi connectivity index (χ2n) is 6.48. The standard InChI is InChI=1S/C21H18ClN5O3/c1-28-13-21-17(19-10-15(30-26-19)12-29-8-2-6-23)11-25-27(21)20-5-7-24-18-9-14(22)3-4-16(18)20/h3-5,7,9-11H,2,8,12-13H2,1H3. The minimum atomic E-state index is 0.248. The Kier molecular flexibility index (Phi) is 6.05. The molecule has 152 valence electrons. The van der Waals surface area contributed by atoms with E-state index in [4.69, 9.17) is 30.9 Å². The summed E-state index contributed by atoms with van der Waals surface area (Å²) in [5.74, 6) is 0.572. The zero-order valence-electron chi connectivity index (χ0n) is 16.2. The van der Waals surface area contributed by atoms with E-state index in [0.29, 0.717) is 36.1 Å². The van der Waals surface area contributed by atoms with Crippen molar-refractivity contribution in [1.29, 1.82) is 5.26 Å². The van der Waals surface area contributed by atoms with E-state index in [2.05, 4.69) is 15.2 Å². The molecule has 8 nitrogen and oxygen atoms in total. The van der Waals surface area contributed by atoms with Gasteiger partial charge in [-0.3, -0.25) is 4.98 Å². The van der Waals surface area contributed by atoms with Crippen LogP contribution in [0.5, 0.6) is 0 Å². The Morgan fingerprint density at radius 2 is 2.13 bits per heavy atom. The number of hydrogen-bond acceptors (Lipinski definition) is 7. The average Bonchev–Trinajstić information content (AvgIpc) is 3.38. The van der Waals surface area contributed by atoms with Gasteiger partial charge in [0, 0.05) is 35.3 Å². The van der Waals surface area contributed by atoms with Crippen LogP contribution < -0.4 is 0 Å². The summed E-state index contributed by atoms with van der Waals surface area (Å²) in [4.78, 5) is 4.40. The largest absolute Gasteiger partial charge is 0.378 e. The number of nitriles is 1. The van der Waals surface area contributed by atoms with Crippen LogP contribution in [0.1, 0.15) is 17.9 Å². The second-order valence-corrected chi connectivity index (χ2v) is 6.92. The normalized spacial score (nSPS) is 11.1. The highest BCUT2D eigenvalue weighted by atomic mass is 35.5. The van der Waals surface area contributed by atoms with Crippen molar-refractivity contribution in [3.05, 3.63) is 59.2 Å². The number of benzene rings is 1. The van der Waals surface area contributed by atoms with Crippen LogP contribution >= 0.6 is 11.6 Å². The molecule has 4 rings (SSSR count). The first kappa shape index (κ1) is 20.0. The molecule has 0 aliphatic heterocycles. The number of hydrogen-bond donors (Lipinski definition) is 0. The van der Waals surface area contributed by atoms with Crippen LogP contribution in [-0.4, -0.2) is 33.6 Å². The maximum absolute atomic E-state index is 8.58. The summed E-state index contributed by atoms with van der Waals surface area (Å²) in [6.07, 6.45) is 3.78. The number of fused-ring (bicyclic) bond motifs is 1. The molecule has 30 heavy (non-hydrogen) atoms. The van der Waals surface area contributed by atoms with Crippen molar-refractivity contribution >= 4 is 22.5 Å². The minimum absolute atomic E-state index is 0.248. The summed E-state index contributed by atoms with van der Waals surface area (Å²) < 4.78 is 18.0. The Balaban J connectivity index is 1.70. The van der Waals surface area contributed by atoms with Gasteiger partial charge in [-0.25, -0.2) is 4.68 Å². The molecular formula is C21H18ClN5O3. The number of nitrogens with zero attached hydrogens (tertiary/aromatic N) is 5. The van der Waals surface area contributed by atoms with Crippen LogP contribution in [0, 0.1) is 11.3 Å². The Morgan fingerprint density at radius 1 is 1.23 bits per heavy atom. The lowest BCUT2D eigenvalue weighted by molar-refractivity contribution is 0.106. The molecular weight excluding hydrogens is 406 g/mol. The van der Waals surface area contributed by atoms with E-state index in [1.807, 2.05) is 35.0 Å². The van der Waals surface area contributed by atoms with Gasteiger partial charge < -0.3 is 14.0 Å². The van der Waals surface area contributed by atoms with Gasteiger partial charge in [0.2, 0.25) is 0 Å². The summed E-state index contributed by atoms with van der Waals surface area (Å²) in [6, 6.07) is 11.3. The molecule has 0 N–H and O–H groups in total. The number of halogens is 1. The first-order valence-electron chi connectivity index (χ1n) is 9.22. The van der Waals surface area contributed by atoms with E-state index in [1.54, 1.807) is 25.6 Å². The van der Waals surface area contributed by atoms with Gasteiger partial charge in [-0.1, -0.05) is 16.8 Å². The summed E-state index contributed by atoms with van der Waals surface area (Å²) in [5, 5.41) is 18.8. The monoisotopic (exact) mass is 423 g/mol. The Labute approximate surface area is 177 Å². The third-order valence-electron chi connectivity index (χ3n) is 4.50. The maximum atomic E-state index is 8.58. The maximum Gasteiger partial charge on any atom is 0.163 e. The molecule has 0 spiro atoms. The van der Waals surface area contributed by atoms with Crippen molar-refractivity contribution in [2.45, 2.75) is 19.6 Å². The van der Waals surface area contributed by atoms with E-state index >= 15 is 0 Å². The Hall–Kier alpha value is -3.25. The first-order chi connectivity index (χ1) is 14.7. The molecule has 0 radical (unpaired) electrons. The zero-order chi connectivity index (χ0) is 20.9. The summed E-state index contributed by atoms with van der Waals surface area (Å²) in [7, 11) is 1.63. The molecule has 1 aromatic carbocycles. The molecule has 0 unspecified atom stereocenters. The van der Waals surface area contributed by atoms with Gasteiger partial charge >= 0.3 is 0 Å². The van der Waals surface area contributed by atoms with Crippen LogP contribution in [0.3, 0.4) is 0 Å². The molecule has 0 saturated heterocycles. The molecule has 0 aliphatic rings. The molecule has 4 aromatic rings. The van der Waals surface area contributed by atoms with Gasteiger partial charge in [0.1, 0.15) is 12.3 Å². The van der Waals surface area contributed by atoms with Crippen LogP contribution in [0.25, 0.3) is 27.8 Å². The average molecular weight is 424 g/mol. The summed E-state index contributed by atoms with van der Waals surface area (Å²) >= 11 is 6.11. The third kappa shape index (κ3) is 4.04. The number of rotatable bonds is 8. The molecule has 9 heteroatoms. The Bertz CT molecular complexity index is 1210. The predicted octanol–water partition coefficient (Wildman–Crippen LogP) is 4.31. The van der Waals surface area contributed by atoms with Crippen molar-refractivity contribution in [1.82, 2.24) is 19.9 Å². The van der Waals surface area contributed by atoms with Crippen LogP contribution in [-0.2, 0) is 22.7 Å². The van der Waals surface area contributed by atoms with Gasteiger partial charge in [0.15, 0.2) is 5.76 Å². The van der Waals surface area contributed by atoms with Gasteiger partial charge in [0.05, 0.1) is 48.8 Å². The van der Waals surface area contributed by atoms with Gasteiger partial charge in [-0.15, -0.1) is 0 Å². The van der Waals surface area contributed by atoms with Crippen molar-refractivity contribution in [3.63, 3.8) is 0 Å². The van der Waals surface area contributed by atoms with Crippen LogP contribution in [0.15, 0.2) is 47.2 Å². The highest BCUT2D eigenvalue weighted by molar-refractivity contribution is 6.31. The Morgan fingerprint density at radius 3 is 2.97 bits per heavy atom. The summed E-state index contributed by atoms with van der Waals surface area (Å²) in [5.41, 5.74) is 3.89. The summed E-state index contributed by atoms with van der Waals surface area (Å²) in [6.45, 7) is 0.921. The van der Waals surface area contributed by atoms with E-state index in [1.165, 1.54) is 0 Å². The topological polar surface area (TPSA) is 99.0 Å². The first-order valence-corrected chi connectivity index (χ1v) is 9.60. The van der Waals surface area contributed by atoms with Crippen molar-refractivity contribution in [2.24, 2.45) is 0 Å². The predicted molar refractivity (Wildman–Crippen MR) is 110 cm³/mol. The van der Waals surface area contributed by atoms with E-state index < -0.39 is 0 Å². The van der Waals surface area contributed by atoms with Crippen molar-refractivity contribution in [3.8, 4) is 23.0 Å². The third-order valence-corrected chi connectivity index (χ3v) is 4.73. The smallest absolute Gasteiger partial charge is 0.163 e. The zero-order valence-corrected chi connectivity index (χ0v) is 17.0. The van der Waals surface area contributed by atoms with Crippen molar-refractivity contribution < 1.29 is 14.0 Å². The fourth-order valence-corrected chi connectivity index (χ4v) is 3.33. The SMILES string of the molecule is COCc1c(-c2cc(COCCC#N)on2)cnn1-c1ccnc2cc(Cl)ccc12. The molecule has 0 fully saturated rings. The molecule has 0 amide bonds. The van der Waals surface area contributed by atoms with Gasteiger partial charge in [0.25, 0.3) is 0 Å². The lowest BCUT2D eigenvalue weighted by Gasteiger charge is -2.11. The molecule has 0 atom stereocenters. The van der Waals surface area contributed by atoms with E-state index in [0.717, 1.165) is 27.8 Å². The quantitative estimate of drug-likeness (QED) is 0.389. The fraction of sp³-hybridized carbons (Fsp3) is 0.238. The second kappa shape index (κ2) is 9.05. The minimum Gasteiger partial charge on any atom is -0.378 e. The number of methoxy groups -OCH3 is 1.